The normalized spacial score (nSPS) is 14.5. The minimum absolute atomic E-state index is 0. The zero-order valence-electron chi connectivity index (χ0n) is 13.2. The molecule has 1 aromatic carbocycles. The van der Waals surface area contributed by atoms with Gasteiger partial charge in [0.05, 0.1) is 6.04 Å². The molecule has 0 radical (unpaired) electrons. The quantitative estimate of drug-likeness (QED) is 0.887. The maximum atomic E-state index is 12.2. The number of rotatable bonds is 4. The Labute approximate surface area is 146 Å². The Morgan fingerprint density at radius 2 is 2.09 bits per heavy atom. The van der Waals surface area contributed by atoms with Crippen LogP contribution in [0, 0.1) is 0 Å². The molecule has 1 atom stereocenters. The number of nitrogens with zero attached hydrogens (tertiary/aromatic N) is 1. The summed E-state index contributed by atoms with van der Waals surface area (Å²) in [5, 5.41) is 5.57. The summed E-state index contributed by atoms with van der Waals surface area (Å²) in [7, 11) is 0. The molecule has 3 rings (SSSR count). The number of amides is 1. The first-order valence-corrected chi connectivity index (χ1v) is 8.62. The highest BCUT2D eigenvalue weighted by molar-refractivity contribution is 7.09. The first-order valence-electron chi connectivity index (χ1n) is 7.74. The Bertz CT molecular complexity index is 686. The van der Waals surface area contributed by atoms with Crippen molar-refractivity contribution in [3.63, 3.8) is 0 Å². The van der Waals surface area contributed by atoms with Gasteiger partial charge in [-0.1, -0.05) is 18.2 Å². The van der Waals surface area contributed by atoms with Crippen molar-refractivity contribution < 1.29 is 4.79 Å². The van der Waals surface area contributed by atoms with Gasteiger partial charge in [0.25, 0.3) is 5.91 Å². The highest BCUT2D eigenvalue weighted by Crippen LogP contribution is 2.25. The van der Waals surface area contributed by atoms with Crippen LogP contribution in [-0.4, -0.2) is 10.9 Å². The maximum absolute atomic E-state index is 12.2. The number of halogens is 1. The fourth-order valence-corrected chi connectivity index (χ4v) is 3.54. The van der Waals surface area contributed by atoms with Crippen LogP contribution >= 0.6 is 23.7 Å². The lowest BCUT2D eigenvalue weighted by molar-refractivity contribution is 0.0935. The Kier molecular flexibility index (Phi) is 6.16. The molecule has 0 saturated heterocycles. The van der Waals surface area contributed by atoms with Crippen molar-refractivity contribution in [3.8, 4) is 0 Å². The van der Waals surface area contributed by atoms with Crippen molar-refractivity contribution in [3.05, 3.63) is 51.0 Å². The lowest BCUT2D eigenvalue weighted by Crippen LogP contribution is -2.27. The minimum Gasteiger partial charge on any atom is -0.344 e. The van der Waals surface area contributed by atoms with Crippen molar-refractivity contribution in [2.75, 3.05) is 0 Å². The molecule has 0 spiro atoms. The van der Waals surface area contributed by atoms with Crippen LogP contribution in [0.15, 0.2) is 23.6 Å². The third-order valence-electron chi connectivity index (χ3n) is 4.18. The summed E-state index contributed by atoms with van der Waals surface area (Å²) >= 11 is 1.42. The summed E-state index contributed by atoms with van der Waals surface area (Å²) in [5.74, 6) is -0.138. The third-order valence-corrected chi connectivity index (χ3v) is 5.05. The van der Waals surface area contributed by atoms with Gasteiger partial charge in [0, 0.05) is 11.9 Å². The van der Waals surface area contributed by atoms with E-state index in [-0.39, 0.29) is 24.4 Å². The number of hydrogen-bond donors (Lipinski definition) is 2. The number of nitrogens with two attached hydrogens (primary N) is 1. The summed E-state index contributed by atoms with van der Waals surface area (Å²) in [6.45, 7) is 2.39. The standard InChI is InChI=1S/C17H21N3OS.ClH/c1-11(19-17(21)15-10-22-16(9-18)20-15)13-7-6-12-4-2-3-5-14(12)8-13;/h6-8,10-11H,2-5,9,18H2,1H3,(H,19,21);1H. The molecule has 2 aromatic rings. The molecule has 1 aromatic heterocycles. The van der Waals surface area contributed by atoms with Crippen LogP contribution < -0.4 is 11.1 Å². The molecule has 1 aliphatic rings. The van der Waals surface area contributed by atoms with Crippen molar-refractivity contribution >= 4 is 29.7 Å². The van der Waals surface area contributed by atoms with Crippen molar-refractivity contribution in [1.29, 1.82) is 0 Å². The number of carbonyl (C=O) groups excluding carboxylic acids is 1. The van der Waals surface area contributed by atoms with E-state index in [2.05, 4.69) is 28.5 Å². The third kappa shape index (κ3) is 4.10. The predicted octanol–water partition coefficient (Wildman–Crippen LogP) is 3.39. The minimum atomic E-state index is -0.138. The van der Waals surface area contributed by atoms with Crippen LogP contribution in [0.3, 0.4) is 0 Å². The Morgan fingerprint density at radius 3 is 2.78 bits per heavy atom. The summed E-state index contributed by atoms with van der Waals surface area (Å²) in [4.78, 5) is 16.5. The maximum Gasteiger partial charge on any atom is 0.271 e. The van der Waals surface area contributed by atoms with E-state index in [9.17, 15) is 4.79 Å². The van der Waals surface area contributed by atoms with Crippen molar-refractivity contribution in [1.82, 2.24) is 10.3 Å². The Morgan fingerprint density at radius 1 is 1.35 bits per heavy atom. The van der Waals surface area contributed by atoms with E-state index < -0.39 is 0 Å². The van der Waals surface area contributed by atoms with Gasteiger partial charge in [-0.3, -0.25) is 4.79 Å². The topological polar surface area (TPSA) is 68.0 Å². The zero-order chi connectivity index (χ0) is 15.5. The molecule has 4 nitrogen and oxygen atoms in total. The second kappa shape index (κ2) is 7.90. The summed E-state index contributed by atoms with van der Waals surface area (Å²) in [5.41, 5.74) is 10.0. The second-order valence-electron chi connectivity index (χ2n) is 5.76. The average molecular weight is 352 g/mol. The Hall–Kier alpha value is -1.43. The Balaban J connectivity index is 0.00000192. The number of nitrogens with one attached hydrogen (secondary N) is 1. The van der Waals surface area contributed by atoms with Crippen LogP contribution in [0.5, 0.6) is 0 Å². The van der Waals surface area contributed by atoms with E-state index >= 15 is 0 Å². The molecular formula is C17H22ClN3OS. The zero-order valence-corrected chi connectivity index (χ0v) is 14.8. The van der Waals surface area contributed by atoms with E-state index in [0.29, 0.717) is 12.2 Å². The lowest BCUT2D eigenvalue weighted by Gasteiger charge is -2.19. The molecule has 1 aliphatic carbocycles. The van der Waals surface area contributed by atoms with Crippen LogP contribution in [0.25, 0.3) is 0 Å². The molecule has 124 valence electrons. The molecule has 3 N–H and O–H groups in total. The van der Waals surface area contributed by atoms with Gasteiger partial charge in [-0.15, -0.1) is 23.7 Å². The van der Waals surface area contributed by atoms with E-state index in [1.807, 2.05) is 6.92 Å². The fourth-order valence-electron chi connectivity index (χ4n) is 2.89. The van der Waals surface area contributed by atoms with Crippen molar-refractivity contribution in [2.45, 2.75) is 45.2 Å². The SMILES string of the molecule is CC(NC(=O)c1csc(CN)n1)c1ccc2c(c1)CCCC2.Cl. The van der Waals surface area contributed by atoms with E-state index in [0.717, 1.165) is 17.0 Å². The molecule has 0 bridgehead atoms. The first-order chi connectivity index (χ1) is 10.7. The number of carbonyl (C=O) groups is 1. The molecule has 0 fully saturated rings. The first kappa shape index (κ1) is 17.9. The van der Waals surface area contributed by atoms with Gasteiger partial charge in [0.15, 0.2) is 0 Å². The van der Waals surface area contributed by atoms with Gasteiger partial charge in [-0.05, 0) is 49.3 Å². The fraction of sp³-hybridized carbons (Fsp3) is 0.412. The van der Waals surface area contributed by atoms with E-state index in [1.54, 1.807) is 5.38 Å². The van der Waals surface area contributed by atoms with Gasteiger partial charge in [-0.25, -0.2) is 4.98 Å². The van der Waals surface area contributed by atoms with Gasteiger partial charge in [0.1, 0.15) is 10.7 Å². The predicted molar refractivity (Wildman–Crippen MR) is 96.2 cm³/mol. The summed E-state index contributed by atoms with van der Waals surface area (Å²) in [6, 6.07) is 6.55. The van der Waals surface area contributed by atoms with Crippen LogP contribution in [0.4, 0.5) is 0 Å². The van der Waals surface area contributed by atoms with Crippen LogP contribution in [0.2, 0.25) is 0 Å². The molecule has 1 heterocycles. The van der Waals surface area contributed by atoms with E-state index in [4.69, 9.17) is 5.73 Å². The molecule has 6 heteroatoms. The number of benzene rings is 1. The number of aryl methyl sites for hydroxylation is 2. The lowest BCUT2D eigenvalue weighted by atomic mass is 9.89. The highest BCUT2D eigenvalue weighted by atomic mass is 35.5. The molecule has 23 heavy (non-hydrogen) atoms. The van der Waals surface area contributed by atoms with E-state index in [1.165, 1.54) is 41.7 Å². The van der Waals surface area contributed by atoms with Gasteiger partial charge >= 0.3 is 0 Å². The molecule has 1 unspecified atom stereocenters. The van der Waals surface area contributed by atoms with Gasteiger partial charge in [-0.2, -0.15) is 0 Å². The molecule has 1 amide bonds. The smallest absolute Gasteiger partial charge is 0.271 e. The number of fused-ring (bicyclic) bond motifs is 1. The average Bonchev–Trinajstić information content (AvgIpc) is 3.03. The molecule has 0 aliphatic heterocycles. The molecule has 0 saturated carbocycles. The second-order valence-corrected chi connectivity index (χ2v) is 6.70. The number of hydrogen-bond acceptors (Lipinski definition) is 4. The number of thiazole rings is 1. The van der Waals surface area contributed by atoms with Crippen LogP contribution in [0.1, 0.15) is 58.0 Å². The highest BCUT2D eigenvalue weighted by Gasteiger charge is 2.16. The largest absolute Gasteiger partial charge is 0.344 e. The van der Waals surface area contributed by atoms with Gasteiger partial charge in [0.2, 0.25) is 0 Å². The van der Waals surface area contributed by atoms with Gasteiger partial charge < -0.3 is 11.1 Å². The molecular weight excluding hydrogens is 330 g/mol. The number of aromatic nitrogens is 1. The van der Waals surface area contributed by atoms with Crippen LogP contribution in [-0.2, 0) is 19.4 Å². The summed E-state index contributed by atoms with van der Waals surface area (Å²) < 4.78 is 0. The summed E-state index contributed by atoms with van der Waals surface area (Å²) in [6.07, 6.45) is 4.87. The monoisotopic (exact) mass is 351 g/mol. The van der Waals surface area contributed by atoms with Crippen molar-refractivity contribution in [2.24, 2.45) is 5.73 Å².